The summed E-state index contributed by atoms with van der Waals surface area (Å²) in [5, 5.41) is -0.0956. The van der Waals surface area contributed by atoms with E-state index in [2.05, 4.69) is 19.7 Å². The number of sulfonamides is 1. The predicted octanol–water partition coefficient (Wildman–Crippen LogP) is 0.596. The zero-order valence-electron chi connectivity index (χ0n) is 8.93. The number of hydrogen-bond donors (Lipinski definition) is 2. The molecule has 0 aromatic rings. The van der Waals surface area contributed by atoms with Crippen molar-refractivity contribution in [2.24, 2.45) is 0 Å². The van der Waals surface area contributed by atoms with Crippen LogP contribution in [0.15, 0.2) is 23.7 Å². The third-order valence-corrected chi connectivity index (χ3v) is 3.43. The van der Waals surface area contributed by atoms with E-state index in [0.29, 0.717) is 5.69 Å². The molecule has 2 aliphatic rings. The molecule has 2 aliphatic heterocycles. The van der Waals surface area contributed by atoms with E-state index in [1.807, 2.05) is 0 Å². The van der Waals surface area contributed by atoms with E-state index in [9.17, 15) is 8.42 Å². The number of aromatic nitrogens is 3. The lowest BCUT2D eigenvalue weighted by molar-refractivity contribution is 0.561. The van der Waals surface area contributed by atoms with Gasteiger partial charge in [0.15, 0.2) is 0 Å². The van der Waals surface area contributed by atoms with Gasteiger partial charge in [-0.3, -0.25) is 4.98 Å². The van der Waals surface area contributed by atoms with Crippen molar-refractivity contribution >= 4 is 10.0 Å². The second-order valence-corrected chi connectivity index (χ2v) is 5.37. The number of rotatable bonds is 3. The van der Waals surface area contributed by atoms with Crippen molar-refractivity contribution in [3.63, 3.8) is 0 Å². The zero-order valence-corrected chi connectivity index (χ0v) is 9.75. The average Bonchev–Trinajstić information content (AvgIpc) is 2.61. The van der Waals surface area contributed by atoms with Gasteiger partial charge in [-0.15, -0.1) is 0 Å². The molecule has 6 nitrogen and oxygen atoms in total. The Morgan fingerprint density at radius 2 is 2.06 bits per heavy atom. The van der Waals surface area contributed by atoms with Crippen molar-refractivity contribution in [3.05, 3.63) is 18.6 Å². The van der Waals surface area contributed by atoms with E-state index in [4.69, 9.17) is 0 Å². The smallest absolute Gasteiger partial charge is 0.274 e. The maximum atomic E-state index is 11.8. The van der Waals surface area contributed by atoms with Crippen LogP contribution in [-0.2, 0) is 10.0 Å². The number of fused-ring (bicyclic) bond motifs is 1. The molecule has 16 heavy (non-hydrogen) atoms. The fraction of sp³-hybridized carbons (Fsp3) is 0.333. The first-order chi connectivity index (χ1) is 7.49. The summed E-state index contributed by atoms with van der Waals surface area (Å²) in [6, 6.07) is -0.173. The average molecular weight is 240 g/mol. The van der Waals surface area contributed by atoms with Gasteiger partial charge in [-0.1, -0.05) is 0 Å². The maximum Gasteiger partial charge on any atom is 0.274 e. The lowest BCUT2D eigenvalue weighted by Crippen LogP contribution is -2.31. The van der Waals surface area contributed by atoms with Crippen LogP contribution in [0, 0.1) is 0 Å². The number of hydrogen-bond acceptors (Lipinski definition) is 4. The molecule has 2 heterocycles. The quantitative estimate of drug-likeness (QED) is 0.769. The van der Waals surface area contributed by atoms with Gasteiger partial charge in [0.2, 0.25) is 5.16 Å². The molecule has 2 rings (SSSR count). The highest BCUT2D eigenvalue weighted by atomic mass is 32.2. The zero-order chi connectivity index (χ0) is 11.8. The predicted molar refractivity (Wildman–Crippen MR) is 58.5 cm³/mol. The Kier molecular flexibility index (Phi) is 2.64. The summed E-state index contributed by atoms with van der Waals surface area (Å²) in [4.78, 5) is 10.5. The molecule has 0 unspecified atom stereocenters. The molecule has 0 aromatic heterocycles. The van der Waals surface area contributed by atoms with Crippen molar-refractivity contribution in [1.29, 1.82) is 0 Å². The minimum absolute atomic E-state index is 0.0956. The van der Waals surface area contributed by atoms with Gasteiger partial charge in [0.25, 0.3) is 10.0 Å². The summed E-state index contributed by atoms with van der Waals surface area (Å²) in [6.45, 7) is 3.50. The van der Waals surface area contributed by atoms with Crippen molar-refractivity contribution in [2.75, 3.05) is 0 Å². The molecule has 7 heteroatoms. The number of aromatic amines is 1. The Hall–Kier alpha value is -1.47. The molecule has 0 saturated heterocycles. The fourth-order valence-corrected chi connectivity index (χ4v) is 2.49. The summed E-state index contributed by atoms with van der Waals surface area (Å²) in [6.07, 6.45) is 4.66. The summed E-state index contributed by atoms with van der Waals surface area (Å²) in [7, 11) is -3.57. The van der Waals surface area contributed by atoms with Crippen molar-refractivity contribution in [3.8, 4) is 11.3 Å². The Labute approximate surface area is 93.5 Å². The van der Waals surface area contributed by atoms with Crippen molar-refractivity contribution < 1.29 is 8.42 Å². The van der Waals surface area contributed by atoms with E-state index in [1.54, 1.807) is 26.2 Å². The summed E-state index contributed by atoms with van der Waals surface area (Å²) >= 11 is 0. The molecule has 0 aliphatic carbocycles. The van der Waals surface area contributed by atoms with E-state index in [1.165, 1.54) is 6.20 Å². The normalized spacial score (nSPS) is 12.4. The Morgan fingerprint density at radius 3 is 2.75 bits per heavy atom. The Balaban J connectivity index is 2.44. The third-order valence-electron chi connectivity index (χ3n) is 1.94. The van der Waals surface area contributed by atoms with Crippen LogP contribution < -0.4 is 4.72 Å². The van der Waals surface area contributed by atoms with Gasteiger partial charge < -0.3 is 4.98 Å². The molecule has 0 amide bonds. The van der Waals surface area contributed by atoms with Crippen LogP contribution in [0.2, 0.25) is 0 Å². The van der Waals surface area contributed by atoms with Crippen molar-refractivity contribution in [2.45, 2.75) is 25.0 Å². The van der Waals surface area contributed by atoms with Crippen LogP contribution >= 0.6 is 0 Å². The Bertz CT molecular complexity index is 561. The highest BCUT2D eigenvalue weighted by molar-refractivity contribution is 7.89. The van der Waals surface area contributed by atoms with E-state index in [0.717, 1.165) is 5.56 Å². The van der Waals surface area contributed by atoms with Crippen LogP contribution in [0.3, 0.4) is 0 Å². The van der Waals surface area contributed by atoms with Crippen molar-refractivity contribution in [1.82, 2.24) is 19.7 Å². The topological polar surface area (TPSA) is 87.7 Å². The molecular formula is C9H12N4O2S. The summed E-state index contributed by atoms with van der Waals surface area (Å²) < 4.78 is 26.0. The second-order valence-electron chi connectivity index (χ2n) is 3.74. The Morgan fingerprint density at radius 1 is 1.31 bits per heavy atom. The minimum atomic E-state index is -3.57. The van der Waals surface area contributed by atoms with Gasteiger partial charge in [0.1, 0.15) is 0 Å². The van der Waals surface area contributed by atoms with E-state index < -0.39 is 10.0 Å². The SMILES string of the molecule is CC(C)NS(=O)(=O)c1ncc2cncc-2[nH]1. The monoisotopic (exact) mass is 240 g/mol. The number of nitrogens with one attached hydrogen (secondary N) is 2. The second kappa shape index (κ2) is 3.84. The number of nitrogens with zero attached hydrogens (tertiary/aromatic N) is 2. The first kappa shape index (κ1) is 11.0. The standard InChI is InChI=1S/C9H12N4O2S/c1-6(2)13-16(14,15)9-11-4-7-3-10-5-8(7)12-9/h3-6,13H,1-2H3,(H,11,12). The van der Waals surface area contributed by atoms with Gasteiger partial charge in [-0.25, -0.2) is 18.1 Å². The molecule has 0 fully saturated rings. The highest BCUT2D eigenvalue weighted by Crippen LogP contribution is 2.18. The van der Waals surface area contributed by atoms with E-state index in [-0.39, 0.29) is 11.2 Å². The molecule has 86 valence electrons. The minimum Gasteiger partial charge on any atom is -0.328 e. The molecule has 0 radical (unpaired) electrons. The first-order valence-corrected chi connectivity index (χ1v) is 6.28. The van der Waals surface area contributed by atoms with E-state index >= 15 is 0 Å². The lowest BCUT2D eigenvalue weighted by Gasteiger charge is -2.09. The third kappa shape index (κ3) is 2.05. The van der Waals surface area contributed by atoms with Gasteiger partial charge in [-0.05, 0) is 13.8 Å². The van der Waals surface area contributed by atoms with Gasteiger partial charge in [0, 0.05) is 24.0 Å². The van der Waals surface area contributed by atoms with Crippen LogP contribution in [0.5, 0.6) is 0 Å². The van der Waals surface area contributed by atoms with Gasteiger partial charge in [-0.2, -0.15) is 0 Å². The fourth-order valence-electron chi connectivity index (χ4n) is 1.32. The molecule has 0 aromatic carbocycles. The van der Waals surface area contributed by atoms with Crippen LogP contribution in [0.25, 0.3) is 11.3 Å². The van der Waals surface area contributed by atoms with Crippen LogP contribution in [-0.4, -0.2) is 29.4 Å². The molecule has 0 saturated carbocycles. The van der Waals surface area contributed by atoms with Gasteiger partial charge in [0.05, 0.1) is 11.9 Å². The van der Waals surface area contributed by atoms with Crippen LogP contribution in [0.4, 0.5) is 0 Å². The first-order valence-electron chi connectivity index (χ1n) is 4.80. The molecule has 2 N–H and O–H groups in total. The summed E-state index contributed by atoms with van der Waals surface area (Å²) in [5.74, 6) is 0. The van der Waals surface area contributed by atoms with Crippen LogP contribution in [0.1, 0.15) is 13.8 Å². The number of H-pyrrole nitrogens is 1. The molecule has 0 atom stereocenters. The molecule has 0 spiro atoms. The molecule has 0 bridgehead atoms. The summed E-state index contributed by atoms with van der Waals surface area (Å²) in [5.41, 5.74) is 1.43. The van der Waals surface area contributed by atoms with Gasteiger partial charge >= 0.3 is 0 Å². The lowest BCUT2D eigenvalue weighted by atomic mass is 10.3. The maximum absolute atomic E-state index is 11.8. The largest absolute Gasteiger partial charge is 0.328 e. The highest BCUT2D eigenvalue weighted by Gasteiger charge is 2.19. The molecular weight excluding hydrogens is 228 g/mol.